The molecule has 0 aromatic heterocycles. The van der Waals surface area contributed by atoms with Gasteiger partial charge in [-0.15, -0.1) is 0 Å². The first-order chi connectivity index (χ1) is 8.54. The zero-order valence-corrected chi connectivity index (χ0v) is 10.2. The number of nitrogens with one attached hydrogen (secondary N) is 1. The maximum Gasteiger partial charge on any atom is 0.272 e. The summed E-state index contributed by atoms with van der Waals surface area (Å²) in [6.07, 6.45) is 1.65. The Hall–Kier alpha value is -1.69. The molecule has 0 aliphatic rings. The predicted molar refractivity (Wildman–Crippen MR) is 67.0 cm³/mol. The van der Waals surface area contributed by atoms with Crippen LogP contribution < -0.4 is 5.32 Å². The molecule has 0 heterocycles. The predicted octanol–water partition coefficient (Wildman–Crippen LogP) is 2.55. The standard InChI is InChI=1S/C12H17FN2O3/c1-9(8-16)3-2-6-14-12-5-4-10(15(17)18)7-11(12)13/h4-5,7,9,14,16H,2-3,6,8H2,1H3. The minimum atomic E-state index is -0.629. The second-order valence-electron chi connectivity index (χ2n) is 4.28. The van der Waals surface area contributed by atoms with Crippen LogP contribution in [-0.2, 0) is 0 Å². The number of nitrogens with zero attached hydrogens (tertiary/aromatic N) is 1. The van der Waals surface area contributed by atoms with Crippen molar-refractivity contribution in [1.82, 2.24) is 0 Å². The van der Waals surface area contributed by atoms with Gasteiger partial charge in [-0.05, 0) is 24.8 Å². The van der Waals surface area contributed by atoms with E-state index in [2.05, 4.69) is 5.32 Å². The number of non-ortho nitro benzene ring substituents is 1. The van der Waals surface area contributed by atoms with Gasteiger partial charge in [0.15, 0.2) is 5.82 Å². The molecule has 0 saturated heterocycles. The maximum absolute atomic E-state index is 13.5. The summed E-state index contributed by atoms with van der Waals surface area (Å²) in [5.41, 5.74) is 0.00389. The van der Waals surface area contributed by atoms with Crippen molar-refractivity contribution in [3.05, 3.63) is 34.1 Å². The van der Waals surface area contributed by atoms with Crippen LogP contribution in [0.2, 0.25) is 0 Å². The lowest BCUT2D eigenvalue weighted by Crippen LogP contribution is -2.07. The largest absolute Gasteiger partial charge is 0.396 e. The van der Waals surface area contributed by atoms with Crippen molar-refractivity contribution in [2.45, 2.75) is 19.8 Å². The number of halogens is 1. The highest BCUT2D eigenvalue weighted by molar-refractivity contribution is 5.49. The number of rotatable bonds is 7. The van der Waals surface area contributed by atoms with E-state index in [1.807, 2.05) is 6.92 Å². The quantitative estimate of drug-likeness (QED) is 0.446. The van der Waals surface area contributed by atoms with Crippen LogP contribution in [-0.4, -0.2) is 23.2 Å². The minimum Gasteiger partial charge on any atom is -0.396 e. The topological polar surface area (TPSA) is 75.4 Å². The van der Waals surface area contributed by atoms with Crippen LogP contribution in [0.15, 0.2) is 18.2 Å². The second-order valence-corrected chi connectivity index (χ2v) is 4.28. The average Bonchev–Trinajstić information content (AvgIpc) is 2.35. The van der Waals surface area contributed by atoms with Crippen molar-refractivity contribution >= 4 is 11.4 Å². The summed E-state index contributed by atoms with van der Waals surface area (Å²) >= 11 is 0. The average molecular weight is 256 g/mol. The number of hydrogen-bond acceptors (Lipinski definition) is 4. The van der Waals surface area contributed by atoms with Gasteiger partial charge in [-0.1, -0.05) is 6.92 Å². The van der Waals surface area contributed by atoms with E-state index in [-0.39, 0.29) is 23.9 Å². The number of hydrogen-bond donors (Lipinski definition) is 2. The highest BCUT2D eigenvalue weighted by atomic mass is 19.1. The molecule has 0 saturated carbocycles. The molecule has 6 heteroatoms. The van der Waals surface area contributed by atoms with Crippen LogP contribution in [0.25, 0.3) is 0 Å². The summed E-state index contributed by atoms with van der Waals surface area (Å²) in [7, 11) is 0. The minimum absolute atomic E-state index is 0.145. The van der Waals surface area contributed by atoms with Crippen LogP contribution in [0.1, 0.15) is 19.8 Å². The fourth-order valence-electron chi connectivity index (χ4n) is 1.53. The van der Waals surface area contributed by atoms with Crippen LogP contribution in [0, 0.1) is 21.8 Å². The molecule has 5 nitrogen and oxygen atoms in total. The number of aliphatic hydroxyl groups is 1. The Balaban J connectivity index is 2.46. The number of nitro benzene ring substituents is 1. The van der Waals surface area contributed by atoms with Crippen molar-refractivity contribution in [2.75, 3.05) is 18.5 Å². The van der Waals surface area contributed by atoms with Crippen molar-refractivity contribution in [3.8, 4) is 0 Å². The van der Waals surface area contributed by atoms with E-state index >= 15 is 0 Å². The highest BCUT2D eigenvalue weighted by Gasteiger charge is 2.10. The van der Waals surface area contributed by atoms with Crippen LogP contribution in [0.3, 0.4) is 0 Å². The smallest absolute Gasteiger partial charge is 0.272 e. The zero-order chi connectivity index (χ0) is 13.5. The highest BCUT2D eigenvalue weighted by Crippen LogP contribution is 2.20. The molecule has 0 amide bonds. The molecule has 1 unspecified atom stereocenters. The molecule has 18 heavy (non-hydrogen) atoms. The van der Waals surface area contributed by atoms with Gasteiger partial charge in [0.05, 0.1) is 16.7 Å². The van der Waals surface area contributed by atoms with E-state index in [0.717, 1.165) is 18.9 Å². The monoisotopic (exact) mass is 256 g/mol. The molecule has 0 radical (unpaired) electrons. The SMILES string of the molecule is CC(CO)CCCNc1ccc([N+](=O)[O-])cc1F. The van der Waals surface area contributed by atoms with Gasteiger partial charge >= 0.3 is 0 Å². The summed E-state index contributed by atoms with van der Waals surface area (Å²) in [6.45, 7) is 2.65. The summed E-state index contributed by atoms with van der Waals surface area (Å²) in [5.74, 6) is -0.395. The Labute approximate surface area is 105 Å². The summed E-state index contributed by atoms with van der Waals surface area (Å²) < 4.78 is 13.5. The van der Waals surface area contributed by atoms with Crippen molar-refractivity contribution < 1.29 is 14.4 Å². The van der Waals surface area contributed by atoms with Crippen molar-refractivity contribution in [2.24, 2.45) is 5.92 Å². The fourth-order valence-corrected chi connectivity index (χ4v) is 1.53. The first-order valence-corrected chi connectivity index (χ1v) is 5.83. The molecule has 1 rings (SSSR count). The molecule has 0 fully saturated rings. The van der Waals surface area contributed by atoms with Crippen LogP contribution in [0.5, 0.6) is 0 Å². The van der Waals surface area contributed by atoms with Crippen molar-refractivity contribution in [3.63, 3.8) is 0 Å². The third-order valence-corrected chi connectivity index (χ3v) is 2.66. The van der Waals surface area contributed by atoms with Gasteiger partial charge in [-0.3, -0.25) is 10.1 Å². The molecule has 0 aliphatic carbocycles. The number of anilines is 1. The molecule has 1 aromatic carbocycles. The van der Waals surface area contributed by atoms with Gasteiger partial charge in [-0.25, -0.2) is 4.39 Å². The van der Waals surface area contributed by atoms with E-state index in [1.165, 1.54) is 12.1 Å². The number of nitro groups is 1. The summed E-state index contributed by atoms with van der Waals surface area (Å²) in [5, 5.41) is 22.1. The van der Waals surface area contributed by atoms with Gasteiger partial charge in [0.25, 0.3) is 5.69 Å². The fraction of sp³-hybridized carbons (Fsp3) is 0.500. The molecule has 0 aliphatic heterocycles. The van der Waals surface area contributed by atoms with Gasteiger partial charge in [0.1, 0.15) is 0 Å². The van der Waals surface area contributed by atoms with Gasteiger partial charge in [0, 0.05) is 19.2 Å². The normalized spacial score (nSPS) is 12.2. The van der Waals surface area contributed by atoms with E-state index in [9.17, 15) is 14.5 Å². The van der Waals surface area contributed by atoms with E-state index in [0.29, 0.717) is 6.54 Å². The number of benzene rings is 1. The Morgan fingerprint density at radius 3 is 2.83 bits per heavy atom. The molecule has 0 spiro atoms. The van der Waals surface area contributed by atoms with Gasteiger partial charge in [-0.2, -0.15) is 0 Å². The Morgan fingerprint density at radius 2 is 2.28 bits per heavy atom. The van der Waals surface area contributed by atoms with E-state index < -0.39 is 10.7 Å². The first-order valence-electron chi connectivity index (χ1n) is 5.83. The number of aliphatic hydroxyl groups excluding tert-OH is 1. The second kappa shape index (κ2) is 6.90. The molecule has 2 N–H and O–H groups in total. The Kier molecular flexibility index (Phi) is 5.51. The molecule has 1 atom stereocenters. The molecule has 1 aromatic rings. The van der Waals surface area contributed by atoms with Crippen molar-refractivity contribution in [1.29, 1.82) is 0 Å². The van der Waals surface area contributed by atoms with E-state index in [4.69, 9.17) is 5.11 Å². The van der Waals surface area contributed by atoms with Gasteiger partial charge < -0.3 is 10.4 Å². The lowest BCUT2D eigenvalue weighted by Gasteiger charge is -2.09. The van der Waals surface area contributed by atoms with E-state index in [1.54, 1.807) is 0 Å². The zero-order valence-electron chi connectivity index (χ0n) is 10.2. The summed E-state index contributed by atoms with van der Waals surface area (Å²) in [4.78, 5) is 9.80. The Bertz CT molecular complexity index is 412. The first kappa shape index (κ1) is 14.4. The summed E-state index contributed by atoms with van der Waals surface area (Å²) in [6, 6.07) is 3.53. The third-order valence-electron chi connectivity index (χ3n) is 2.66. The lowest BCUT2D eigenvalue weighted by molar-refractivity contribution is -0.385. The lowest BCUT2D eigenvalue weighted by atomic mass is 10.1. The molecule has 0 bridgehead atoms. The van der Waals surface area contributed by atoms with Gasteiger partial charge in [0.2, 0.25) is 0 Å². The maximum atomic E-state index is 13.5. The van der Waals surface area contributed by atoms with Crippen LogP contribution in [0.4, 0.5) is 15.8 Å². The molecule has 100 valence electrons. The van der Waals surface area contributed by atoms with Crippen LogP contribution >= 0.6 is 0 Å². The molecular weight excluding hydrogens is 239 g/mol. The Morgan fingerprint density at radius 1 is 1.56 bits per heavy atom. The molecular formula is C12H17FN2O3. The third kappa shape index (κ3) is 4.29.